The number of hydrogen-bond acceptors (Lipinski definition) is 5. The van der Waals surface area contributed by atoms with Crippen molar-refractivity contribution in [3.8, 4) is 11.6 Å². The largest absolute Gasteiger partial charge is 0.464 e. The van der Waals surface area contributed by atoms with E-state index < -0.39 is 5.97 Å². The first kappa shape index (κ1) is 14.4. The van der Waals surface area contributed by atoms with Crippen LogP contribution in [-0.4, -0.2) is 18.1 Å². The molecule has 104 valence electrons. The summed E-state index contributed by atoms with van der Waals surface area (Å²) >= 11 is 11.7. The molecule has 0 saturated heterocycles. The van der Waals surface area contributed by atoms with E-state index in [1.54, 1.807) is 12.1 Å². The maximum absolute atomic E-state index is 11.4. The molecule has 2 rings (SSSR count). The van der Waals surface area contributed by atoms with Gasteiger partial charge in [-0.05, 0) is 24.3 Å². The second kappa shape index (κ2) is 5.98. The van der Waals surface area contributed by atoms with Gasteiger partial charge in [-0.2, -0.15) is 0 Å². The van der Waals surface area contributed by atoms with Crippen LogP contribution >= 0.6 is 23.2 Å². The Morgan fingerprint density at radius 2 is 1.95 bits per heavy atom. The topological polar surface area (TPSA) is 74.4 Å². The van der Waals surface area contributed by atoms with Gasteiger partial charge >= 0.3 is 5.97 Å². The molecule has 5 nitrogen and oxygen atoms in total. The minimum Gasteiger partial charge on any atom is -0.464 e. The molecule has 20 heavy (non-hydrogen) atoms. The van der Waals surface area contributed by atoms with E-state index in [9.17, 15) is 4.79 Å². The van der Waals surface area contributed by atoms with Crippen molar-refractivity contribution in [1.29, 1.82) is 0 Å². The van der Waals surface area contributed by atoms with Gasteiger partial charge in [0.05, 0.1) is 22.8 Å². The lowest BCUT2D eigenvalue weighted by Gasteiger charge is -2.09. The van der Waals surface area contributed by atoms with Crippen LogP contribution < -0.4 is 10.5 Å². The number of carbonyl (C=O) groups excluding carboxylic acids is 1. The van der Waals surface area contributed by atoms with Crippen LogP contribution in [0.4, 0.5) is 5.69 Å². The number of halogens is 2. The van der Waals surface area contributed by atoms with Gasteiger partial charge in [-0.25, -0.2) is 9.78 Å². The first-order chi connectivity index (χ1) is 9.51. The molecule has 0 aliphatic rings. The van der Waals surface area contributed by atoms with Crippen molar-refractivity contribution in [3.05, 3.63) is 46.1 Å². The molecule has 0 radical (unpaired) electrons. The Hall–Kier alpha value is -1.98. The van der Waals surface area contributed by atoms with Crippen LogP contribution in [-0.2, 0) is 4.74 Å². The maximum atomic E-state index is 11.4. The minimum atomic E-state index is -0.580. The molecule has 1 aromatic carbocycles. The fourth-order valence-corrected chi connectivity index (χ4v) is 1.69. The zero-order chi connectivity index (χ0) is 14.7. The fourth-order valence-electron chi connectivity index (χ4n) is 1.40. The third kappa shape index (κ3) is 3.12. The second-order valence-electron chi connectivity index (χ2n) is 3.76. The number of ether oxygens (including phenoxy) is 2. The normalized spacial score (nSPS) is 10.2. The predicted molar refractivity (Wildman–Crippen MR) is 76.5 cm³/mol. The number of nitrogens with zero attached hydrogens (tertiary/aromatic N) is 1. The summed E-state index contributed by atoms with van der Waals surface area (Å²) in [5.41, 5.74) is 6.12. The molecule has 7 heteroatoms. The molecule has 0 aliphatic heterocycles. The molecule has 0 saturated carbocycles. The van der Waals surface area contributed by atoms with Crippen molar-refractivity contribution < 1.29 is 14.3 Å². The number of esters is 1. The number of anilines is 1. The van der Waals surface area contributed by atoms with E-state index in [1.807, 2.05) is 0 Å². The summed E-state index contributed by atoms with van der Waals surface area (Å²) in [7, 11) is 1.26. The Bertz CT molecular complexity index is 662. The summed E-state index contributed by atoms with van der Waals surface area (Å²) in [6, 6.07) is 7.67. The second-order valence-corrected chi connectivity index (χ2v) is 4.57. The van der Waals surface area contributed by atoms with Gasteiger partial charge in [0.2, 0.25) is 5.88 Å². The molecule has 0 atom stereocenters. The summed E-state index contributed by atoms with van der Waals surface area (Å²) < 4.78 is 10.1. The number of benzene rings is 1. The molecule has 2 aromatic rings. The predicted octanol–water partition coefficient (Wildman–Crippen LogP) is 3.55. The highest BCUT2D eigenvalue weighted by Gasteiger charge is 2.12. The number of rotatable bonds is 3. The van der Waals surface area contributed by atoms with Crippen LogP contribution in [0.3, 0.4) is 0 Å². The van der Waals surface area contributed by atoms with Crippen LogP contribution in [0, 0.1) is 0 Å². The van der Waals surface area contributed by atoms with E-state index in [4.69, 9.17) is 33.7 Å². The van der Waals surface area contributed by atoms with E-state index in [-0.39, 0.29) is 17.3 Å². The lowest BCUT2D eigenvalue weighted by Crippen LogP contribution is -2.06. The summed E-state index contributed by atoms with van der Waals surface area (Å²) in [5, 5.41) is 0.745. The molecular weight excluding hydrogens is 303 g/mol. The van der Waals surface area contributed by atoms with Gasteiger partial charge in [-0.3, -0.25) is 0 Å². The molecule has 0 bridgehead atoms. The average Bonchev–Trinajstić information content (AvgIpc) is 2.44. The van der Waals surface area contributed by atoms with E-state index in [2.05, 4.69) is 9.72 Å². The molecule has 1 aromatic heterocycles. The van der Waals surface area contributed by atoms with Crippen LogP contribution in [0.15, 0.2) is 30.3 Å². The Morgan fingerprint density at radius 1 is 1.20 bits per heavy atom. The van der Waals surface area contributed by atoms with Crippen molar-refractivity contribution >= 4 is 34.9 Å². The first-order valence-corrected chi connectivity index (χ1v) is 6.24. The molecule has 0 aliphatic carbocycles. The molecule has 2 N–H and O–H groups in total. The number of hydrogen-bond donors (Lipinski definition) is 1. The third-order valence-corrected chi connectivity index (χ3v) is 3.13. The lowest BCUT2D eigenvalue weighted by molar-refractivity contribution is 0.0593. The van der Waals surface area contributed by atoms with Crippen molar-refractivity contribution in [3.63, 3.8) is 0 Å². The average molecular weight is 313 g/mol. The summed E-state index contributed by atoms with van der Waals surface area (Å²) in [5.74, 6) is -0.0871. The highest BCUT2D eigenvalue weighted by Crippen LogP contribution is 2.30. The van der Waals surface area contributed by atoms with Gasteiger partial charge in [-0.1, -0.05) is 23.2 Å². The van der Waals surface area contributed by atoms with Crippen LogP contribution in [0.25, 0.3) is 0 Å². The van der Waals surface area contributed by atoms with Crippen molar-refractivity contribution in [2.75, 3.05) is 12.8 Å². The molecular formula is C13H10Cl2N2O3. The maximum Gasteiger partial charge on any atom is 0.356 e. The van der Waals surface area contributed by atoms with Gasteiger partial charge in [-0.15, -0.1) is 0 Å². The summed E-state index contributed by atoms with van der Waals surface area (Å²) in [4.78, 5) is 15.4. The van der Waals surface area contributed by atoms with Gasteiger partial charge in [0.1, 0.15) is 5.75 Å². The lowest BCUT2D eigenvalue weighted by atomic mass is 10.3. The van der Waals surface area contributed by atoms with Crippen molar-refractivity contribution in [2.24, 2.45) is 0 Å². The highest BCUT2D eigenvalue weighted by molar-refractivity contribution is 6.42. The Labute approximate surface area is 125 Å². The highest BCUT2D eigenvalue weighted by atomic mass is 35.5. The Morgan fingerprint density at radius 3 is 2.60 bits per heavy atom. The van der Waals surface area contributed by atoms with E-state index in [0.717, 1.165) is 0 Å². The van der Waals surface area contributed by atoms with E-state index in [0.29, 0.717) is 15.8 Å². The minimum absolute atomic E-state index is 0.0892. The Kier molecular flexibility index (Phi) is 4.32. The van der Waals surface area contributed by atoms with E-state index >= 15 is 0 Å². The number of aromatic nitrogens is 1. The van der Waals surface area contributed by atoms with Crippen molar-refractivity contribution in [2.45, 2.75) is 0 Å². The molecule has 0 fully saturated rings. The van der Waals surface area contributed by atoms with Crippen LogP contribution in [0.2, 0.25) is 10.0 Å². The molecule has 0 amide bonds. The molecule has 1 heterocycles. The van der Waals surface area contributed by atoms with Gasteiger partial charge in [0, 0.05) is 6.07 Å². The zero-order valence-electron chi connectivity index (χ0n) is 10.4. The van der Waals surface area contributed by atoms with Crippen LogP contribution in [0.1, 0.15) is 10.5 Å². The van der Waals surface area contributed by atoms with Gasteiger partial charge < -0.3 is 15.2 Å². The third-order valence-electron chi connectivity index (χ3n) is 2.39. The quantitative estimate of drug-likeness (QED) is 0.877. The monoisotopic (exact) mass is 312 g/mol. The molecule has 0 unspecified atom stereocenters. The molecule has 0 spiro atoms. The Balaban J connectivity index is 2.32. The first-order valence-electron chi connectivity index (χ1n) is 5.49. The van der Waals surface area contributed by atoms with Crippen molar-refractivity contribution in [1.82, 2.24) is 4.98 Å². The van der Waals surface area contributed by atoms with Crippen LogP contribution in [0.5, 0.6) is 11.6 Å². The number of carbonyl (C=O) groups is 1. The smallest absolute Gasteiger partial charge is 0.356 e. The SMILES string of the molecule is COC(=O)c1ccc(N)c(Oc2ccc(Cl)c(Cl)c2)n1. The number of nitrogens with two attached hydrogens (primary N) is 1. The zero-order valence-corrected chi connectivity index (χ0v) is 11.9. The van der Waals surface area contributed by atoms with Gasteiger partial charge in [0.25, 0.3) is 0 Å². The number of pyridine rings is 1. The number of nitrogen functional groups attached to an aromatic ring is 1. The number of methoxy groups -OCH3 is 1. The van der Waals surface area contributed by atoms with Gasteiger partial charge in [0.15, 0.2) is 5.69 Å². The summed E-state index contributed by atoms with van der Waals surface area (Å²) in [6.45, 7) is 0. The fraction of sp³-hybridized carbons (Fsp3) is 0.0769. The standard InChI is InChI=1S/C13H10Cl2N2O3/c1-19-13(18)11-5-4-10(16)12(17-11)20-7-2-3-8(14)9(15)6-7/h2-6H,16H2,1H3. The van der Waals surface area contributed by atoms with E-state index in [1.165, 1.54) is 25.3 Å². The summed E-state index contributed by atoms with van der Waals surface area (Å²) in [6.07, 6.45) is 0.